The lowest BCUT2D eigenvalue weighted by molar-refractivity contribution is -0.120. The molecule has 7 heteroatoms. The van der Waals surface area contributed by atoms with Crippen molar-refractivity contribution in [1.82, 2.24) is 10.7 Å². The first-order valence-electron chi connectivity index (χ1n) is 6.46. The van der Waals surface area contributed by atoms with Crippen LogP contribution in [0.2, 0.25) is 0 Å². The molecule has 2 aromatic rings. The average molecular weight is 319 g/mol. The largest absolute Gasteiger partial charge is 0.343 e. The van der Waals surface area contributed by atoms with E-state index in [0.717, 1.165) is 16.5 Å². The van der Waals surface area contributed by atoms with Crippen molar-refractivity contribution in [1.29, 1.82) is 0 Å². The summed E-state index contributed by atoms with van der Waals surface area (Å²) < 4.78 is 13.0. The minimum Gasteiger partial charge on any atom is -0.343 e. The quantitative estimate of drug-likeness (QED) is 0.654. The fourth-order valence-electron chi connectivity index (χ4n) is 1.61. The number of nitrogens with zero attached hydrogens (tertiary/aromatic N) is 1. The van der Waals surface area contributed by atoms with Gasteiger partial charge in [0.25, 0.3) is 11.8 Å². The Kier molecular flexibility index (Phi) is 5.37. The molecule has 2 rings (SSSR count). The topological polar surface area (TPSA) is 70.6 Å². The first kappa shape index (κ1) is 15.8. The van der Waals surface area contributed by atoms with Gasteiger partial charge in [0.15, 0.2) is 0 Å². The van der Waals surface area contributed by atoms with Crippen LogP contribution in [0.4, 0.5) is 4.39 Å². The van der Waals surface area contributed by atoms with E-state index in [1.165, 1.54) is 29.5 Å². The van der Waals surface area contributed by atoms with Crippen LogP contribution in [0, 0.1) is 12.7 Å². The Labute approximate surface area is 130 Å². The van der Waals surface area contributed by atoms with E-state index in [-0.39, 0.29) is 12.1 Å². The fraction of sp³-hybridized carbons (Fsp3) is 0.133. The Bertz CT molecular complexity index is 712. The van der Waals surface area contributed by atoms with E-state index in [0.29, 0.717) is 0 Å². The predicted molar refractivity (Wildman–Crippen MR) is 83.5 cm³/mol. The Morgan fingerprint density at radius 3 is 2.86 bits per heavy atom. The summed E-state index contributed by atoms with van der Waals surface area (Å²) in [6, 6.07) is 7.19. The second-order valence-corrected chi connectivity index (χ2v) is 5.40. The molecule has 0 bridgehead atoms. The van der Waals surface area contributed by atoms with Crippen LogP contribution in [0.1, 0.15) is 20.8 Å². The molecule has 1 aromatic heterocycles. The minimum atomic E-state index is -0.521. The molecule has 1 aromatic carbocycles. The third-order valence-electron chi connectivity index (χ3n) is 2.77. The van der Waals surface area contributed by atoms with Gasteiger partial charge >= 0.3 is 0 Å². The van der Waals surface area contributed by atoms with Crippen LogP contribution >= 0.6 is 11.3 Å². The van der Waals surface area contributed by atoms with Crippen LogP contribution in [0.3, 0.4) is 0 Å². The van der Waals surface area contributed by atoms with Crippen molar-refractivity contribution in [2.45, 2.75) is 6.92 Å². The molecular formula is C15H14FN3O2S. The van der Waals surface area contributed by atoms with Gasteiger partial charge in [-0.25, -0.2) is 9.82 Å². The number of hydrazone groups is 1. The number of nitrogens with one attached hydrogen (secondary N) is 2. The zero-order valence-corrected chi connectivity index (χ0v) is 12.6. The highest BCUT2D eigenvalue weighted by atomic mass is 32.1. The third kappa shape index (κ3) is 4.49. The number of carbonyl (C=O) groups excluding carboxylic acids is 2. The van der Waals surface area contributed by atoms with Crippen LogP contribution in [-0.2, 0) is 4.79 Å². The predicted octanol–water partition coefficient (Wildman–Crippen LogP) is 2.08. The van der Waals surface area contributed by atoms with E-state index in [4.69, 9.17) is 0 Å². The second-order valence-electron chi connectivity index (χ2n) is 4.45. The van der Waals surface area contributed by atoms with Gasteiger partial charge in [-0.15, -0.1) is 11.3 Å². The molecule has 5 nitrogen and oxygen atoms in total. The zero-order chi connectivity index (χ0) is 15.9. The maximum absolute atomic E-state index is 13.0. The van der Waals surface area contributed by atoms with Crippen LogP contribution in [0.5, 0.6) is 0 Å². The number of benzene rings is 1. The van der Waals surface area contributed by atoms with Crippen LogP contribution < -0.4 is 10.7 Å². The van der Waals surface area contributed by atoms with Gasteiger partial charge in [0.05, 0.1) is 12.8 Å². The van der Waals surface area contributed by atoms with E-state index in [1.54, 1.807) is 6.21 Å². The van der Waals surface area contributed by atoms with E-state index in [9.17, 15) is 14.0 Å². The molecule has 2 N–H and O–H groups in total. The van der Waals surface area contributed by atoms with Crippen molar-refractivity contribution >= 4 is 29.4 Å². The standard InChI is InChI=1S/C15H14FN3O2S/c1-10-5-6-22-13(10)8-18-19-14(20)9-17-15(21)11-3-2-4-12(16)7-11/h2-8H,9H2,1H3,(H,17,21)(H,19,20)/b18-8+. The zero-order valence-electron chi connectivity index (χ0n) is 11.8. The van der Waals surface area contributed by atoms with Crippen molar-refractivity contribution < 1.29 is 14.0 Å². The fourth-order valence-corrected chi connectivity index (χ4v) is 2.40. The van der Waals surface area contributed by atoms with Crippen molar-refractivity contribution in [3.63, 3.8) is 0 Å². The van der Waals surface area contributed by atoms with Crippen molar-refractivity contribution in [2.75, 3.05) is 6.54 Å². The summed E-state index contributed by atoms with van der Waals surface area (Å²) in [4.78, 5) is 24.2. The Morgan fingerprint density at radius 2 is 2.18 bits per heavy atom. The Hall–Kier alpha value is -2.54. The number of amides is 2. The minimum absolute atomic E-state index is 0.158. The van der Waals surface area contributed by atoms with E-state index in [2.05, 4.69) is 15.8 Å². The molecule has 0 saturated heterocycles. The first-order chi connectivity index (χ1) is 10.6. The smallest absolute Gasteiger partial charge is 0.259 e. The molecule has 0 unspecified atom stereocenters. The maximum atomic E-state index is 13.0. The summed E-state index contributed by atoms with van der Waals surface area (Å²) in [5, 5.41) is 8.13. The van der Waals surface area contributed by atoms with E-state index >= 15 is 0 Å². The SMILES string of the molecule is Cc1ccsc1/C=N/NC(=O)CNC(=O)c1cccc(F)c1. The average Bonchev–Trinajstić information content (AvgIpc) is 2.90. The van der Waals surface area contributed by atoms with Crippen molar-refractivity contribution in [3.05, 3.63) is 57.5 Å². The van der Waals surface area contributed by atoms with Gasteiger partial charge < -0.3 is 5.32 Å². The Balaban J connectivity index is 1.79. The van der Waals surface area contributed by atoms with Crippen molar-refractivity contribution in [3.8, 4) is 0 Å². The van der Waals surface area contributed by atoms with E-state index in [1.807, 2.05) is 18.4 Å². The molecule has 0 saturated carbocycles. The van der Waals surface area contributed by atoms with E-state index < -0.39 is 17.6 Å². The molecule has 2 amide bonds. The molecular weight excluding hydrogens is 305 g/mol. The lowest BCUT2D eigenvalue weighted by Crippen LogP contribution is -2.34. The molecule has 0 fully saturated rings. The van der Waals surface area contributed by atoms with Gasteiger partial charge in [-0.2, -0.15) is 5.10 Å². The highest BCUT2D eigenvalue weighted by Gasteiger charge is 2.08. The number of hydrogen-bond acceptors (Lipinski definition) is 4. The summed E-state index contributed by atoms with van der Waals surface area (Å²) in [5.41, 5.74) is 3.54. The molecule has 0 aliphatic carbocycles. The maximum Gasteiger partial charge on any atom is 0.259 e. The highest BCUT2D eigenvalue weighted by Crippen LogP contribution is 2.12. The summed E-state index contributed by atoms with van der Waals surface area (Å²) >= 11 is 1.51. The van der Waals surface area contributed by atoms with Gasteiger partial charge in [0.2, 0.25) is 0 Å². The van der Waals surface area contributed by atoms with Gasteiger partial charge in [0, 0.05) is 10.4 Å². The van der Waals surface area contributed by atoms with Gasteiger partial charge in [0.1, 0.15) is 5.82 Å². The summed E-state index contributed by atoms with van der Waals surface area (Å²) in [5.74, 6) is -1.49. The number of carbonyl (C=O) groups is 2. The molecule has 1 heterocycles. The first-order valence-corrected chi connectivity index (χ1v) is 7.34. The molecule has 22 heavy (non-hydrogen) atoms. The number of aryl methyl sites for hydroxylation is 1. The Morgan fingerprint density at radius 1 is 1.36 bits per heavy atom. The van der Waals surface area contributed by atoms with Crippen LogP contribution in [0.15, 0.2) is 40.8 Å². The van der Waals surface area contributed by atoms with Crippen LogP contribution in [-0.4, -0.2) is 24.6 Å². The van der Waals surface area contributed by atoms with Gasteiger partial charge in [-0.05, 0) is 42.1 Å². The monoisotopic (exact) mass is 319 g/mol. The normalized spacial score (nSPS) is 10.6. The number of thiophene rings is 1. The lowest BCUT2D eigenvalue weighted by Gasteiger charge is -2.04. The van der Waals surface area contributed by atoms with Crippen molar-refractivity contribution in [2.24, 2.45) is 5.10 Å². The lowest BCUT2D eigenvalue weighted by atomic mass is 10.2. The van der Waals surface area contributed by atoms with Gasteiger partial charge in [-0.1, -0.05) is 6.07 Å². The third-order valence-corrected chi connectivity index (χ3v) is 3.72. The summed E-state index contributed by atoms with van der Waals surface area (Å²) in [6.45, 7) is 1.70. The highest BCUT2D eigenvalue weighted by molar-refractivity contribution is 7.11. The molecule has 0 spiro atoms. The second kappa shape index (κ2) is 7.46. The number of halogens is 1. The molecule has 0 radical (unpaired) electrons. The van der Waals surface area contributed by atoms with Crippen LogP contribution in [0.25, 0.3) is 0 Å². The molecule has 0 aliphatic heterocycles. The molecule has 114 valence electrons. The molecule has 0 aliphatic rings. The number of hydrogen-bond donors (Lipinski definition) is 2. The number of rotatable bonds is 5. The summed E-state index contributed by atoms with van der Waals surface area (Å²) in [7, 11) is 0. The summed E-state index contributed by atoms with van der Waals surface area (Å²) in [6.07, 6.45) is 1.55. The van der Waals surface area contributed by atoms with Gasteiger partial charge in [-0.3, -0.25) is 9.59 Å². The molecule has 0 atom stereocenters.